The summed E-state index contributed by atoms with van der Waals surface area (Å²) in [6, 6.07) is 28.4. The molecular formula is C29H23NO5. The molecule has 4 aromatic rings. The molecule has 0 spiro atoms. The molecule has 0 aliphatic carbocycles. The third kappa shape index (κ3) is 4.46. The van der Waals surface area contributed by atoms with Gasteiger partial charge in [-0.25, -0.2) is 0 Å². The number of rotatable bonds is 7. The van der Waals surface area contributed by atoms with Crippen LogP contribution >= 0.6 is 0 Å². The first kappa shape index (κ1) is 22.2. The van der Waals surface area contributed by atoms with Gasteiger partial charge in [-0.05, 0) is 54.4 Å². The molecule has 1 atom stereocenters. The molecule has 0 radical (unpaired) electrons. The Morgan fingerprint density at radius 2 is 1.60 bits per heavy atom. The van der Waals surface area contributed by atoms with E-state index in [4.69, 9.17) is 9.15 Å². The molecule has 1 aliphatic heterocycles. The van der Waals surface area contributed by atoms with Crippen molar-refractivity contribution in [3.8, 4) is 11.5 Å². The second-order valence-corrected chi connectivity index (χ2v) is 8.31. The number of hydrogen-bond acceptors (Lipinski definition) is 5. The first-order valence-corrected chi connectivity index (χ1v) is 11.2. The van der Waals surface area contributed by atoms with Crippen molar-refractivity contribution in [3.63, 3.8) is 0 Å². The third-order valence-corrected chi connectivity index (χ3v) is 5.86. The number of carbonyl (C=O) groups is 2. The number of ketones is 1. The smallest absolute Gasteiger partial charge is 0.290 e. The van der Waals surface area contributed by atoms with Crippen LogP contribution in [0.1, 0.15) is 33.5 Å². The minimum atomic E-state index is -0.820. The summed E-state index contributed by atoms with van der Waals surface area (Å²) in [7, 11) is 0. The summed E-state index contributed by atoms with van der Waals surface area (Å²) in [5, 5.41) is 10.9. The van der Waals surface area contributed by atoms with Crippen LogP contribution in [-0.4, -0.2) is 21.7 Å². The van der Waals surface area contributed by atoms with Crippen LogP contribution < -0.4 is 4.74 Å². The summed E-state index contributed by atoms with van der Waals surface area (Å²) in [6.45, 7) is 1.94. The van der Waals surface area contributed by atoms with Gasteiger partial charge in [0.1, 0.15) is 17.3 Å². The van der Waals surface area contributed by atoms with Gasteiger partial charge in [-0.2, -0.15) is 0 Å². The van der Waals surface area contributed by atoms with Gasteiger partial charge in [0.15, 0.2) is 11.5 Å². The summed E-state index contributed by atoms with van der Waals surface area (Å²) in [5.74, 6) is 0.133. The average Bonchev–Trinajstić information content (AvgIpc) is 3.42. The minimum Gasteiger partial charge on any atom is -0.503 e. The zero-order chi connectivity index (χ0) is 24.4. The molecule has 2 heterocycles. The van der Waals surface area contributed by atoms with Crippen LogP contribution in [-0.2, 0) is 11.3 Å². The fourth-order valence-corrected chi connectivity index (χ4v) is 4.24. The van der Waals surface area contributed by atoms with Crippen LogP contribution in [0, 0.1) is 6.92 Å². The molecule has 1 aromatic heterocycles. The van der Waals surface area contributed by atoms with Crippen molar-refractivity contribution in [2.24, 2.45) is 0 Å². The average molecular weight is 466 g/mol. The van der Waals surface area contributed by atoms with Crippen LogP contribution in [0.2, 0.25) is 0 Å². The lowest BCUT2D eigenvalue weighted by atomic mass is 9.94. The topological polar surface area (TPSA) is 80.0 Å². The van der Waals surface area contributed by atoms with Crippen molar-refractivity contribution in [3.05, 3.63) is 131 Å². The number of para-hydroxylation sites is 1. The van der Waals surface area contributed by atoms with Crippen LogP contribution in [0.25, 0.3) is 0 Å². The van der Waals surface area contributed by atoms with E-state index in [0.717, 1.165) is 5.56 Å². The van der Waals surface area contributed by atoms with E-state index in [1.807, 2.05) is 66.7 Å². The normalized spacial score (nSPS) is 15.5. The van der Waals surface area contributed by atoms with Gasteiger partial charge in [0.05, 0.1) is 11.6 Å². The molecule has 1 amide bonds. The number of hydrogen-bond donors (Lipinski definition) is 1. The van der Waals surface area contributed by atoms with Gasteiger partial charge in [0, 0.05) is 6.54 Å². The lowest BCUT2D eigenvalue weighted by Gasteiger charge is -2.27. The molecule has 6 heteroatoms. The van der Waals surface area contributed by atoms with E-state index in [0.29, 0.717) is 22.8 Å². The predicted octanol–water partition coefficient (Wildman–Crippen LogP) is 6.16. The van der Waals surface area contributed by atoms with E-state index in [1.165, 1.54) is 4.90 Å². The quantitative estimate of drug-likeness (QED) is 0.331. The predicted molar refractivity (Wildman–Crippen MR) is 130 cm³/mol. The molecule has 0 fully saturated rings. The summed E-state index contributed by atoms with van der Waals surface area (Å²) >= 11 is 0. The maximum Gasteiger partial charge on any atom is 0.290 e. The second kappa shape index (κ2) is 9.35. The summed E-state index contributed by atoms with van der Waals surface area (Å²) in [5.41, 5.74) is 1.49. The highest BCUT2D eigenvalue weighted by Crippen LogP contribution is 2.41. The van der Waals surface area contributed by atoms with Crippen molar-refractivity contribution < 1.29 is 23.8 Å². The van der Waals surface area contributed by atoms with E-state index in [1.54, 1.807) is 37.3 Å². The summed E-state index contributed by atoms with van der Waals surface area (Å²) < 4.78 is 11.5. The molecular weight excluding hydrogens is 442 g/mol. The van der Waals surface area contributed by atoms with Crippen molar-refractivity contribution in [2.45, 2.75) is 19.5 Å². The maximum absolute atomic E-state index is 13.5. The Kier molecular flexibility index (Phi) is 5.94. The lowest BCUT2D eigenvalue weighted by molar-refractivity contribution is -0.130. The zero-order valence-corrected chi connectivity index (χ0v) is 19.0. The van der Waals surface area contributed by atoms with Crippen LogP contribution in [0.4, 0.5) is 0 Å². The van der Waals surface area contributed by atoms with E-state index < -0.39 is 23.5 Å². The molecule has 6 nitrogen and oxygen atoms in total. The zero-order valence-electron chi connectivity index (χ0n) is 19.0. The van der Waals surface area contributed by atoms with E-state index in [-0.39, 0.29) is 17.9 Å². The number of amides is 1. The van der Waals surface area contributed by atoms with Gasteiger partial charge in [-0.15, -0.1) is 0 Å². The van der Waals surface area contributed by atoms with Gasteiger partial charge in [0.25, 0.3) is 5.91 Å². The van der Waals surface area contributed by atoms with Crippen LogP contribution in [0.5, 0.6) is 11.5 Å². The molecule has 0 saturated heterocycles. The summed E-state index contributed by atoms with van der Waals surface area (Å²) in [4.78, 5) is 28.2. The number of furan rings is 1. The number of aryl methyl sites for hydroxylation is 1. The Balaban J connectivity index is 1.57. The lowest BCUT2D eigenvalue weighted by Crippen LogP contribution is -2.30. The van der Waals surface area contributed by atoms with Crippen molar-refractivity contribution in [2.75, 3.05) is 0 Å². The van der Waals surface area contributed by atoms with E-state index >= 15 is 0 Å². The SMILES string of the molecule is Cc1ccc(C(=O)C2=C(O)C(=O)N(Cc3ccccc3)C2c2cccc(Oc3ccccc3)c2)o1. The monoisotopic (exact) mass is 465 g/mol. The van der Waals surface area contributed by atoms with Crippen molar-refractivity contribution in [1.29, 1.82) is 0 Å². The molecule has 1 N–H and O–H groups in total. The molecule has 1 unspecified atom stereocenters. The van der Waals surface area contributed by atoms with Crippen LogP contribution in [0.3, 0.4) is 0 Å². The van der Waals surface area contributed by atoms with Gasteiger partial charge >= 0.3 is 0 Å². The van der Waals surface area contributed by atoms with E-state index in [2.05, 4.69) is 0 Å². The maximum atomic E-state index is 13.5. The van der Waals surface area contributed by atoms with Crippen molar-refractivity contribution >= 4 is 11.7 Å². The molecule has 5 rings (SSSR count). The number of nitrogens with zero attached hydrogens (tertiary/aromatic N) is 1. The third-order valence-electron chi connectivity index (χ3n) is 5.86. The number of Topliss-reactive ketones (excluding diaryl/α,β-unsaturated/α-hetero) is 1. The Hall–Kier alpha value is -4.58. The van der Waals surface area contributed by atoms with Gasteiger partial charge in [-0.1, -0.05) is 60.7 Å². The largest absolute Gasteiger partial charge is 0.503 e. The van der Waals surface area contributed by atoms with Crippen LogP contribution in [0.15, 0.2) is 113 Å². The minimum absolute atomic E-state index is 0.0165. The molecule has 1 aliphatic rings. The molecule has 0 bridgehead atoms. The highest BCUT2D eigenvalue weighted by atomic mass is 16.5. The van der Waals surface area contributed by atoms with E-state index in [9.17, 15) is 14.7 Å². The molecule has 35 heavy (non-hydrogen) atoms. The van der Waals surface area contributed by atoms with Crippen molar-refractivity contribution in [1.82, 2.24) is 4.90 Å². The Bertz CT molecular complexity index is 1410. The fraction of sp³-hybridized carbons (Fsp3) is 0.103. The Labute approximate surface area is 202 Å². The Morgan fingerprint density at radius 1 is 0.914 bits per heavy atom. The Morgan fingerprint density at radius 3 is 2.29 bits per heavy atom. The number of carbonyl (C=O) groups excluding carboxylic acids is 2. The standard InChI is InChI=1S/C29H23NO5/c1-19-15-16-24(34-19)27(31)25-26(30(29(33)28(25)32)18-20-9-4-2-5-10-20)21-11-8-14-23(17-21)35-22-12-6-3-7-13-22/h2-17,26,32H,18H2,1H3. The molecule has 3 aromatic carbocycles. The fourth-order valence-electron chi connectivity index (χ4n) is 4.24. The van der Waals surface area contributed by atoms with Gasteiger partial charge in [0.2, 0.25) is 5.78 Å². The molecule has 174 valence electrons. The first-order chi connectivity index (χ1) is 17.0. The first-order valence-electron chi connectivity index (χ1n) is 11.2. The number of aliphatic hydroxyl groups is 1. The van der Waals surface area contributed by atoms with Gasteiger partial charge in [-0.3, -0.25) is 9.59 Å². The summed E-state index contributed by atoms with van der Waals surface area (Å²) in [6.07, 6.45) is 0. The number of benzene rings is 3. The highest BCUT2D eigenvalue weighted by Gasteiger charge is 2.44. The van der Waals surface area contributed by atoms with Gasteiger partial charge < -0.3 is 19.2 Å². The second-order valence-electron chi connectivity index (χ2n) is 8.31. The number of ether oxygens (including phenoxy) is 1. The molecule has 0 saturated carbocycles. The highest BCUT2D eigenvalue weighted by molar-refractivity contribution is 6.15. The number of aliphatic hydroxyl groups excluding tert-OH is 1.